The number of nitrogens with one attached hydrogen (secondary N) is 1. The zero-order chi connectivity index (χ0) is 14.3. The monoisotopic (exact) mass is 267 g/mol. The third-order valence-electron chi connectivity index (χ3n) is 3.95. The first-order chi connectivity index (χ1) is 9.12. The number of rotatable bonds is 8. The molecule has 1 rings (SSSR count). The molecule has 4 nitrogen and oxygen atoms in total. The van der Waals surface area contributed by atoms with Crippen LogP contribution in [0.25, 0.3) is 0 Å². The van der Waals surface area contributed by atoms with Crippen molar-refractivity contribution in [2.75, 3.05) is 20.3 Å². The topological polar surface area (TPSA) is 61.7 Å². The SMILES string of the molecule is CCC(CC)(CO)CNCc1cccc(OC)c1O. The van der Waals surface area contributed by atoms with Crippen molar-refractivity contribution < 1.29 is 14.9 Å². The molecule has 0 aliphatic heterocycles. The van der Waals surface area contributed by atoms with Crippen LogP contribution >= 0.6 is 0 Å². The molecule has 3 N–H and O–H groups in total. The van der Waals surface area contributed by atoms with E-state index in [-0.39, 0.29) is 17.8 Å². The van der Waals surface area contributed by atoms with E-state index in [1.54, 1.807) is 6.07 Å². The Labute approximate surface area is 115 Å². The molecule has 4 heteroatoms. The summed E-state index contributed by atoms with van der Waals surface area (Å²) in [6.07, 6.45) is 1.86. The molecule has 0 fully saturated rings. The van der Waals surface area contributed by atoms with Crippen molar-refractivity contribution in [3.63, 3.8) is 0 Å². The van der Waals surface area contributed by atoms with Gasteiger partial charge in [-0.3, -0.25) is 0 Å². The molecule has 0 spiro atoms. The molecule has 0 amide bonds. The van der Waals surface area contributed by atoms with E-state index in [9.17, 15) is 10.2 Å². The highest BCUT2D eigenvalue weighted by Crippen LogP contribution is 2.29. The molecule has 0 aromatic heterocycles. The summed E-state index contributed by atoms with van der Waals surface area (Å²) < 4.78 is 5.08. The van der Waals surface area contributed by atoms with Crippen molar-refractivity contribution in [1.82, 2.24) is 5.32 Å². The molecule has 0 radical (unpaired) electrons. The van der Waals surface area contributed by atoms with Crippen molar-refractivity contribution in [3.8, 4) is 11.5 Å². The van der Waals surface area contributed by atoms with Crippen LogP contribution in [0.5, 0.6) is 11.5 Å². The highest BCUT2D eigenvalue weighted by atomic mass is 16.5. The van der Waals surface area contributed by atoms with Gasteiger partial charge in [0.1, 0.15) is 0 Å². The average Bonchev–Trinajstić information content (AvgIpc) is 2.46. The lowest BCUT2D eigenvalue weighted by atomic mass is 9.83. The Morgan fingerprint density at radius 3 is 2.47 bits per heavy atom. The fraction of sp³-hybridized carbons (Fsp3) is 0.600. The maximum atomic E-state index is 9.98. The van der Waals surface area contributed by atoms with Gasteiger partial charge in [-0.15, -0.1) is 0 Å². The lowest BCUT2D eigenvalue weighted by molar-refractivity contribution is 0.113. The minimum absolute atomic E-state index is 0.0749. The zero-order valence-corrected chi connectivity index (χ0v) is 12.1. The number of para-hydroxylation sites is 1. The van der Waals surface area contributed by atoms with E-state index in [1.165, 1.54) is 7.11 Å². The summed E-state index contributed by atoms with van der Waals surface area (Å²) in [6.45, 7) is 5.64. The second-order valence-corrected chi connectivity index (χ2v) is 4.94. The van der Waals surface area contributed by atoms with Crippen molar-refractivity contribution in [2.24, 2.45) is 5.41 Å². The molecular weight excluding hydrogens is 242 g/mol. The Bertz CT molecular complexity index is 381. The maximum absolute atomic E-state index is 9.98. The number of methoxy groups -OCH3 is 1. The first-order valence-corrected chi connectivity index (χ1v) is 6.79. The summed E-state index contributed by atoms with van der Waals surface area (Å²) in [4.78, 5) is 0. The summed E-state index contributed by atoms with van der Waals surface area (Å²) in [5, 5.41) is 22.8. The van der Waals surface area contributed by atoms with Gasteiger partial charge in [-0.1, -0.05) is 26.0 Å². The molecule has 0 atom stereocenters. The van der Waals surface area contributed by atoms with Gasteiger partial charge in [0.25, 0.3) is 0 Å². The standard InChI is InChI=1S/C15H25NO3/c1-4-15(5-2,11-17)10-16-9-12-7-6-8-13(19-3)14(12)18/h6-8,16-18H,4-5,9-11H2,1-3H3. The number of phenols is 1. The minimum atomic E-state index is -0.0749. The van der Waals surface area contributed by atoms with Gasteiger partial charge in [0.2, 0.25) is 0 Å². The average molecular weight is 267 g/mol. The number of ether oxygens (including phenoxy) is 1. The molecule has 0 unspecified atom stereocenters. The summed E-state index contributed by atoms with van der Waals surface area (Å²) in [5.74, 6) is 0.666. The largest absolute Gasteiger partial charge is 0.504 e. The third kappa shape index (κ3) is 3.85. The van der Waals surface area contributed by atoms with Crippen molar-refractivity contribution in [2.45, 2.75) is 33.2 Å². The van der Waals surface area contributed by atoms with E-state index < -0.39 is 0 Å². The molecular formula is C15H25NO3. The van der Waals surface area contributed by atoms with Crippen molar-refractivity contribution in [3.05, 3.63) is 23.8 Å². The van der Waals surface area contributed by atoms with Crippen LogP contribution in [0.2, 0.25) is 0 Å². The number of aliphatic hydroxyl groups is 1. The van der Waals surface area contributed by atoms with E-state index in [1.807, 2.05) is 12.1 Å². The third-order valence-corrected chi connectivity index (χ3v) is 3.95. The van der Waals surface area contributed by atoms with E-state index in [4.69, 9.17) is 4.74 Å². The Balaban J connectivity index is 2.63. The first kappa shape index (κ1) is 15.8. The quantitative estimate of drug-likeness (QED) is 0.676. The van der Waals surface area contributed by atoms with E-state index in [2.05, 4.69) is 19.2 Å². The normalized spacial score (nSPS) is 11.6. The predicted molar refractivity (Wildman–Crippen MR) is 76.5 cm³/mol. The van der Waals surface area contributed by atoms with Crippen LogP contribution in [-0.2, 0) is 6.54 Å². The van der Waals surface area contributed by atoms with Gasteiger partial charge in [-0.05, 0) is 18.9 Å². The van der Waals surface area contributed by atoms with Gasteiger partial charge in [-0.2, -0.15) is 0 Å². The molecule has 0 aliphatic rings. The maximum Gasteiger partial charge on any atom is 0.162 e. The number of hydrogen-bond donors (Lipinski definition) is 3. The molecule has 0 saturated carbocycles. The van der Waals surface area contributed by atoms with Crippen LogP contribution in [0.3, 0.4) is 0 Å². The van der Waals surface area contributed by atoms with Gasteiger partial charge >= 0.3 is 0 Å². The van der Waals surface area contributed by atoms with Gasteiger partial charge in [-0.25, -0.2) is 0 Å². The lowest BCUT2D eigenvalue weighted by Gasteiger charge is -2.29. The summed E-state index contributed by atoms with van der Waals surface area (Å²) >= 11 is 0. The molecule has 1 aromatic rings. The fourth-order valence-corrected chi connectivity index (χ4v) is 2.12. The molecule has 0 saturated heterocycles. The highest BCUT2D eigenvalue weighted by molar-refractivity contribution is 5.45. The number of phenolic OH excluding ortho intramolecular Hbond substituents is 1. The number of aromatic hydroxyl groups is 1. The molecule has 19 heavy (non-hydrogen) atoms. The Morgan fingerprint density at radius 1 is 1.26 bits per heavy atom. The molecule has 1 aromatic carbocycles. The molecule has 0 bridgehead atoms. The number of aliphatic hydroxyl groups excluding tert-OH is 1. The van der Waals surface area contributed by atoms with Gasteiger partial charge < -0.3 is 20.3 Å². The Hall–Kier alpha value is -1.26. The summed E-state index contributed by atoms with van der Waals surface area (Å²) in [5.41, 5.74) is 0.729. The van der Waals surface area contributed by atoms with Crippen LogP contribution in [-0.4, -0.2) is 30.5 Å². The fourth-order valence-electron chi connectivity index (χ4n) is 2.12. The lowest BCUT2D eigenvalue weighted by Crippen LogP contribution is -2.36. The van der Waals surface area contributed by atoms with Crippen LogP contribution in [0.15, 0.2) is 18.2 Å². The van der Waals surface area contributed by atoms with E-state index in [0.717, 1.165) is 24.9 Å². The highest BCUT2D eigenvalue weighted by Gasteiger charge is 2.24. The van der Waals surface area contributed by atoms with Crippen LogP contribution in [0, 0.1) is 5.41 Å². The van der Waals surface area contributed by atoms with Gasteiger partial charge in [0.05, 0.1) is 7.11 Å². The van der Waals surface area contributed by atoms with Crippen LogP contribution < -0.4 is 10.1 Å². The van der Waals surface area contributed by atoms with Crippen LogP contribution in [0.1, 0.15) is 32.3 Å². The summed E-state index contributed by atoms with van der Waals surface area (Å²) in [7, 11) is 1.54. The second kappa shape index (κ2) is 7.36. The van der Waals surface area contributed by atoms with Crippen molar-refractivity contribution >= 4 is 0 Å². The predicted octanol–water partition coefficient (Wildman–Crippen LogP) is 2.29. The minimum Gasteiger partial charge on any atom is -0.504 e. The summed E-state index contributed by atoms with van der Waals surface area (Å²) in [6, 6.07) is 5.45. The zero-order valence-electron chi connectivity index (χ0n) is 12.1. The molecule has 0 aliphatic carbocycles. The molecule has 0 heterocycles. The number of hydrogen-bond acceptors (Lipinski definition) is 4. The van der Waals surface area contributed by atoms with Gasteiger partial charge in [0.15, 0.2) is 11.5 Å². The number of benzene rings is 1. The van der Waals surface area contributed by atoms with Crippen molar-refractivity contribution in [1.29, 1.82) is 0 Å². The Morgan fingerprint density at radius 2 is 1.95 bits per heavy atom. The van der Waals surface area contributed by atoms with E-state index >= 15 is 0 Å². The van der Waals surface area contributed by atoms with Crippen LogP contribution in [0.4, 0.5) is 0 Å². The second-order valence-electron chi connectivity index (χ2n) is 4.94. The smallest absolute Gasteiger partial charge is 0.162 e. The first-order valence-electron chi connectivity index (χ1n) is 6.79. The van der Waals surface area contributed by atoms with E-state index in [0.29, 0.717) is 12.3 Å². The molecule has 108 valence electrons. The van der Waals surface area contributed by atoms with Gasteiger partial charge in [0, 0.05) is 30.7 Å². The Kier molecular flexibility index (Phi) is 6.12.